The Labute approximate surface area is 107 Å². The highest BCUT2D eigenvalue weighted by molar-refractivity contribution is 4.90. The molecule has 0 aromatic rings. The van der Waals surface area contributed by atoms with E-state index in [4.69, 9.17) is 10.5 Å². The largest absolute Gasteiger partial charge is 0.367 e. The lowest BCUT2D eigenvalue weighted by Crippen LogP contribution is -2.58. The molecule has 0 aliphatic carbocycles. The summed E-state index contributed by atoms with van der Waals surface area (Å²) in [5, 5.41) is 0. The van der Waals surface area contributed by atoms with Crippen molar-refractivity contribution in [3.05, 3.63) is 0 Å². The Hall–Kier alpha value is -0.120. The van der Waals surface area contributed by atoms with Crippen molar-refractivity contribution in [1.29, 1.82) is 0 Å². The molecule has 0 aromatic heterocycles. The number of morpholine rings is 1. The van der Waals surface area contributed by atoms with Gasteiger partial charge >= 0.3 is 0 Å². The molecular formula is C14H30N2O. The van der Waals surface area contributed by atoms with Crippen LogP contribution in [0.2, 0.25) is 0 Å². The Morgan fingerprint density at radius 3 is 1.94 bits per heavy atom. The van der Waals surface area contributed by atoms with E-state index in [1.807, 2.05) is 0 Å². The molecule has 17 heavy (non-hydrogen) atoms. The van der Waals surface area contributed by atoms with Crippen LogP contribution in [0.15, 0.2) is 0 Å². The lowest BCUT2D eigenvalue weighted by atomic mass is 9.92. The van der Waals surface area contributed by atoms with E-state index in [1.54, 1.807) is 0 Å². The second-order valence-electron chi connectivity index (χ2n) is 7.03. The van der Waals surface area contributed by atoms with Crippen molar-refractivity contribution in [3.63, 3.8) is 0 Å². The molecule has 1 heterocycles. The molecule has 3 heteroatoms. The maximum atomic E-state index is 6.09. The first kappa shape index (κ1) is 14.9. The summed E-state index contributed by atoms with van der Waals surface area (Å²) in [4.78, 5) is 2.51. The first-order chi connectivity index (χ1) is 7.65. The van der Waals surface area contributed by atoms with Gasteiger partial charge in [0.1, 0.15) is 0 Å². The van der Waals surface area contributed by atoms with Crippen molar-refractivity contribution >= 4 is 0 Å². The standard InChI is InChI=1S/C14H30N2O/c1-11(2)12(7-15)8-16-9-13(3,4)17-14(5,6)10-16/h11-12H,7-10,15H2,1-6H3. The SMILES string of the molecule is CC(C)C(CN)CN1CC(C)(C)OC(C)(C)C1. The van der Waals surface area contributed by atoms with Gasteiger partial charge in [-0.15, -0.1) is 0 Å². The number of hydrogen-bond acceptors (Lipinski definition) is 3. The highest BCUT2D eigenvalue weighted by atomic mass is 16.5. The maximum absolute atomic E-state index is 6.09. The zero-order chi connectivity index (χ0) is 13.3. The number of nitrogens with zero attached hydrogens (tertiary/aromatic N) is 1. The number of ether oxygens (including phenoxy) is 1. The Kier molecular flexibility index (Phi) is 4.61. The van der Waals surface area contributed by atoms with Crippen LogP contribution in [0, 0.1) is 11.8 Å². The molecule has 1 aliphatic heterocycles. The van der Waals surface area contributed by atoms with Gasteiger partial charge < -0.3 is 10.5 Å². The molecule has 1 fully saturated rings. The first-order valence-electron chi connectivity index (χ1n) is 6.78. The van der Waals surface area contributed by atoms with Gasteiger partial charge in [-0.25, -0.2) is 0 Å². The molecule has 0 amide bonds. The quantitative estimate of drug-likeness (QED) is 0.820. The van der Waals surface area contributed by atoms with Crippen LogP contribution >= 0.6 is 0 Å². The van der Waals surface area contributed by atoms with Gasteiger partial charge in [-0.2, -0.15) is 0 Å². The van der Waals surface area contributed by atoms with E-state index in [0.29, 0.717) is 11.8 Å². The van der Waals surface area contributed by atoms with E-state index >= 15 is 0 Å². The molecular weight excluding hydrogens is 212 g/mol. The van der Waals surface area contributed by atoms with Gasteiger partial charge in [-0.1, -0.05) is 13.8 Å². The van der Waals surface area contributed by atoms with Gasteiger partial charge in [0.15, 0.2) is 0 Å². The molecule has 1 atom stereocenters. The van der Waals surface area contributed by atoms with E-state index < -0.39 is 0 Å². The van der Waals surface area contributed by atoms with Crippen molar-refractivity contribution in [2.24, 2.45) is 17.6 Å². The second-order valence-corrected chi connectivity index (χ2v) is 7.03. The van der Waals surface area contributed by atoms with Crippen LogP contribution in [-0.2, 0) is 4.74 Å². The fourth-order valence-electron chi connectivity index (χ4n) is 2.96. The summed E-state index contributed by atoms with van der Waals surface area (Å²) in [6.45, 7) is 17.1. The third kappa shape index (κ3) is 4.57. The fraction of sp³-hybridized carbons (Fsp3) is 1.00. The summed E-state index contributed by atoms with van der Waals surface area (Å²) in [7, 11) is 0. The summed E-state index contributed by atoms with van der Waals surface area (Å²) in [6.07, 6.45) is 0. The Morgan fingerprint density at radius 1 is 1.12 bits per heavy atom. The Balaban J connectivity index is 2.65. The van der Waals surface area contributed by atoms with Gasteiger partial charge in [0, 0.05) is 19.6 Å². The Morgan fingerprint density at radius 2 is 1.59 bits per heavy atom. The van der Waals surface area contributed by atoms with Gasteiger partial charge in [0.2, 0.25) is 0 Å². The van der Waals surface area contributed by atoms with Gasteiger partial charge in [0.25, 0.3) is 0 Å². The fourth-order valence-corrected chi connectivity index (χ4v) is 2.96. The maximum Gasteiger partial charge on any atom is 0.0760 e. The van der Waals surface area contributed by atoms with E-state index in [1.165, 1.54) is 0 Å². The van der Waals surface area contributed by atoms with Crippen molar-refractivity contribution < 1.29 is 4.74 Å². The minimum absolute atomic E-state index is 0.0577. The predicted molar refractivity (Wildman–Crippen MR) is 73.1 cm³/mol. The summed E-state index contributed by atoms with van der Waals surface area (Å²) in [5.74, 6) is 1.23. The molecule has 1 rings (SSSR count). The van der Waals surface area contributed by atoms with Gasteiger partial charge in [0.05, 0.1) is 11.2 Å². The first-order valence-corrected chi connectivity index (χ1v) is 6.78. The van der Waals surface area contributed by atoms with Crippen LogP contribution in [0.3, 0.4) is 0 Å². The minimum atomic E-state index is -0.0577. The van der Waals surface area contributed by atoms with Crippen LogP contribution < -0.4 is 5.73 Å². The zero-order valence-corrected chi connectivity index (χ0v) is 12.4. The predicted octanol–water partition coefficient (Wildman–Crippen LogP) is 2.11. The van der Waals surface area contributed by atoms with Gasteiger partial charge in [-0.3, -0.25) is 4.90 Å². The molecule has 1 saturated heterocycles. The molecule has 1 aliphatic rings. The summed E-state index contributed by atoms with van der Waals surface area (Å²) in [6, 6.07) is 0. The average molecular weight is 242 g/mol. The van der Waals surface area contributed by atoms with Crippen LogP contribution in [0.4, 0.5) is 0 Å². The van der Waals surface area contributed by atoms with Crippen LogP contribution in [0.25, 0.3) is 0 Å². The number of rotatable bonds is 4. The molecule has 102 valence electrons. The van der Waals surface area contributed by atoms with Gasteiger partial charge in [-0.05, 0) is 46.1 Å². The Bertz CT molecular complexity index is 233. The molecule has 0 radical (unpaired) electrons. The number of hydrogen-bond donors (Lipinski definition) is 1. The third-order valence-corrected chi connectivity index (χ3v) is 3.50. The molecule has 0 saturated carbocycles. The van der Waals surface area contributed by atoms with E-state index in [0.717, 1.165) is 26.2 Å². The highest BCUT2D eigenvalue weighted by Crippen LogP contribution is 2.29. The lowest BCUT2D eigenvalue weighted by Gasteiger charge is -2.48. The summed E-state index contributed by atoms with van der Waals surface area (Å²) in [5.41, 5.74) is 5.75. The van der Waals surface area contributed by atoms with Crippen molar-refractivity contribution in [2.75, 3.05) is 26.2 Å². The molecule has 0 bridgehead atoms. The molecule has 0 spiro atoms. The smallest absolute Gasteiger partial charge is 0.0760 e. The van der Waals surface area contributed by atoms with E-state index in [2.05, 4.69) is 46.4 Å². The van der Waals surface area contributed by atoms with Crippen LogP contribution in [0.5, 0.6) is 0 Å². The lowest BCUT2D eigenvalue weighted by molar-refractivity contribution is -0.182. The summed E-state index contributed by atoms with van der Waals surface area (Å²) < 4.78 is 6.09. The monoisotopic (exact) mass is 242 g/mol. The normalized spacial score (nSPS) is 26.1. The van der Waals surface area contributed by atoms with Crippen LogP contribution in [0.1, 0.15) is 41.5 Å². The van der Waals surface area contributed by atoms with Crippen molar-refractivity contribution in [2.45, 2.75) is 52.7 Å². The molecule has 2 N–H and O–H groups in total. The molecule has 1 unspecified atom stereocenters. The zero-order valence-electron chi connectivity index (χ0n) is 12.4. The van der Waals surface area contributed by atoms with E-state index in [9.17, 15) is 0 Å². The average Bonchev–Trinajstić information content (AvgIpc) is 2.08. The van der Waals surface area contributed by atoms with Crippen molar-refractivity contribution in [1.82, 2.24) is 4.90 Å². The third-order valence-electron chi connectivity index (χ3n) is 3.50. The highest BCUT2D eigenvalue weighted by Gasteiger charge is 2.38. The van der Waals surface area contributed by atoms with Crippen LogP contribution in [-0.4, -0.2) is 42.3 Å². The van der Waals surface area contributed by atoms with Crippen molar-refractivity contribution in [3.8, 4) is 0 Å². The minimum Gasteiger partial charge on any atom is -0.367 e. The molecule has 3 nitrogen and oxygen atoms in total. The van der Waals surface area contributed by atoms with E-state index in [-0.39, 0.29) is 11.2 Å². The number of nitrogens with two attached hydrogens (primary N) is 1. The second kappa shape index (κ2) is 5.25. The topological polar surface area (TPSA) is 38.5 Å². The molecule has 0 aromatic carbocycles. The summed E-state index contributed by atoms with van der Waals surface area (Å²) >= 11 is 0.